The molecule has 1 aliphatic heterocycles. The van der Waals surface area contributed by atoms with Gasteiger partial charge in [0.2, 0.25) is 0 Å². The van der Waals surface area contributed by atoms with Gasteiger partial charge < -0.3 is 16.8 Å². The number of carbonyl (C=O) groups excluding carboxylic acids is 1. The third-order valence-electron chi connectivity index (χ3n) is 5.19. The highest BCUT2D eigenvalue weighted by Gasteiger charge is 2.46. The molecule has 9 heteroatoms. The first kappa shape index (κ1) is 22.2. The summed E-state index contributed by atoms with van der Waals surface area (Å²) >= 11 is 1.61. The second-order valence-electron chi connectivity index (χ2n) is 7.85. The lowest BCUT2D eigenvalue weighted by Crippen LogP contribution is -2.49. The number of aromatic nitrogens is 1. The van der Waals surface area contributed by atoms with Crippen LogP contribution in [0, 0.1) is 11.6 Å². The highest BCUT2D eigenvalue weighted by Crippen LogP contribution is 2.48. The largest absolute Gasteiger partial charge is 0.386 e. The number of amidine groups is 1. The van der Waals surface area contributed by atoms with Gasteiger partial charge in [-0.3, -0.25) is 9.79 Å². The quantitative estimate of drug-likeness (QED) is 0.670. The number of carbonyl (C=O) groups is 1. The molecule has 1 amide bonds. The number of aliphatic imine (C=N–C) groups is 1. The summed E-state index contributed by atoms with van der Waals surface area (Å²) in [6.45, 7) is 6.20. The summed E-state index contributed by atoms with van der Waals surface area (Å²) in [5.41, 5.74) is 11.8. The van der Waals surface area contributed by atoms with Crippen LogP contribution >= 0.6 is 11.8 Å². The van der Waals surface area contributed by atoms with Crippen molar-refractivity contribution in [2.45, 2.75) is 42.7 Å². The maximum atomic E-state index is 14.9. The molecule has 0 spiro atoms. The Labute approximate surface area is 178 Å². The van der Waals surface area contributed by atoms with E-state index in [0.29, 0.717) is 30.1 Å². The van der Waals surface area contributed by atoms with Crippen LogP contribution in [0.1, 0.15) is 43.2 Å². The molecular weight excluding hydrogens is 408 g/mol. The molecule has 2 atom stereocenters. The number of hydrogen-bond acceptors (Lipinski definition) is 6. The molecule has 160 valence electrons. The number of nitrogens with one attached hydrogen (secondary N) is 1. The van der Waals surface area contributed by atoms with Crippen molar-refractivity contribution >= 4 is 29.2 Å². The molecule has 1 unspecified atom stereocenters. The normalized spacial score (nSPS) is 23.0. The van der Waals surface area contributed by atoms with Crippen LogP contribution in [0.25, 0.3) is 0 Å². The van der Waals surface area contributed by atoms with E-state index in [1.807, 2.05) is 20.8 Å². The highest BCUT2D eigenvalue weighted by molar-refractivity contribution is 8.02. The fourth-order valence-corrected chi connectivity index (χ4v) is 4.95. The van der Waals surface area contributed by atoms with E-state index in [-0.39, 0.29) is 10.9 Å². The zero-order valence-corrected chi connectivity index (χ0v) is 17.9. The number of amides is 1. The Bertz CT molecular complexity index is 980. The van der Waals surface area contributed by atoms with Gasteiger partial charge in [-0.05, 0) is 64.1 Å². The van der Waals surface area contributed by atoms with E-state index in [2.05, 4.69) is 10.3 Å². The summed E-state index contributed by atoms with van der Waals surface area (Å²) in [5, 5.41) is 2.57. The molecule has 3 rings (SSSR count). The second-order valence-corrected chi connectivity index (χ2v) is 9.67. The molecule has 0 fully saturated rings. The lowest BCUT2D eigenvalue weighted by atomic mass is 9.85. The van der Waals surface area contributed by atoms with Gasteiger partial charge in [0.1, 0.15) is 23.2 Å². The van der Waals surface area contributed by atoms with E-state index in [0.717, 1.165) is 12.3 Å². The number of rotatable bonds is 5. The van der Waals surface area contributed by atoms with Crippen LogP contribution in [-0.2, 0) is 5.54 Å². The third-order valence-corrected chi connectivity index (χ3v) is 6.97. The van der Waals surface area contributed by atoms with Gasteiger partial charge in [-0.15, -0.1) is 11.8 Å². The summed E-state index contributed by atoms with van der Waals surface area (Å²) in [7, 11) is 0. The number of benzene rings is 1. The van der Waals surface area contributed by atoms with E-state index in [4.69, 9.17) is 16.5 Å². The lowest BCUT2D eigenvalue weighted by Gasteiger charge is -2.44. The van der Waals surface area contributed by atoms with Gasteiger partial charge in [-0.25, -0.2) is 13.8 Å². The number of anilines is 1. The SMILES string of the molecule is CC1(C)SC(CCN)[C@@](C)(c2cc(NC(=O)c3ccc(F)cn3)ccc2F)N=C1N. The summed E-state index contributed by atoms with van der Waals surface area (Å²) in [6, 6.07) is 6.71. The van der Waals surface area contributed by atoms with Crippen LogP contribution in [0.4, 0.5) is 14.5 Å². The third kappa shape index (κ3) is 4.32. The number of nitrogens with two attached hydrogens (primary N) is 2. The Kier molecular flexibility index (Phi) is 6.14. The van der Waals surface area contributed by atoms with Crippen molar-refractivity contribution in [1.29, 1.82) is 0 Å². The topological polar surface area (TPSA) is 106 Å². The average molecular weight is 434 g/mol. The zero-order chi connectivity index (χ0) is 22.1. The Hall–Kier alpha value is -2.52. The smallest absolute Gasteiger partial charge is 0.274 e. The molecule has 2 heterocycles. The lowest BCUT2D eigenvalue weighted by molar-refractivity contribution is 0.102. The summed E-state index contributed by atoms with van der Waals surface area (Å²) in [5.74, 6) is -1.09. The molecule has 6 nitrogen and oxygen atoms in total. The second kappa shape index (κ2) is 8.31. The van der Waals surface area contributed by atoms with E-state index in [9.17, 15) is 13.6 Å². The predicted molar refractivity (Wildman–Crippen MR) is 117 cm³/mol. The van der Waals surface area contributed by atoms with E-state index in [1.54, 1.807) is 17.8 Å². The highest BCUT2D eigenvalue weighted by atomic mass is 32.2. The first-order valence-corrected chi connectivity index (χ1v) is 10.4. The number of thioether (sulfide) groups is 1. The molecule has 1 aliphatic rings. The number of pyridine rings is 1. The minimum Gasteiger partial charge on any atom is -0.386 e. The average Bonchev–Trinajstić information content (AvgIpc) is 2.68. The molecule has 0 radical (unpaired) electrons. The van der Waals surface area contributed by atoms with Crippen molar-refractivity contribution in [3.8, 4) is 0 Å². The first-order chi connectivity index (χ1) is 14.1. The summed E-state index contributed by atoms with van der Waals surface area (Å²) in [4.78, 5) is 20.9. The van der Waals surface area contributed by atoms with Crippen molar-refractivity contribution in [2.75, 3.05) is 11.9 Å². The van der Waals surface area contributed by atoms with Gasteiger partial charge in [0.15, 0.2) is 0 Å². The van der Waals surface area contributed by atoms with Gasteiger partial charge in [-0.2, -0.15) is 0 Å². The van der Waals surface area contributed by atoms with E-state index < -0.39 is 27.8 Å². The minimum atomic E-state index is -0.956. The minimum absolute atomic E-state index is 0.0479. The molecule has 5 N–H and O–H groups in total. The zero-order valence-electron chi connectivity index (χ0n) is 17.1. The predicted octanol–water partition coefficient (Wildman–Crippen LogP) is 3.43. The van der Waals surface area contributed by atoms with Crippen molar-refractivity contribution < 1.29 is 13.6 Å². The summed E-state index contributed by atoms with van der Waals surface area (Å²) in [6.07, 6.45) is 1.58. The Balaban J connectivity index is 1.98. The number of halogens is 2. The van der Waals surface area contributed by atoms with Crippen molar-refractivity contribution in [1.82, 2.24) is 4.98 Å². The molecule has 0 saturated carbocycles. The van der Waals surface area contributed by atoms with Crippen LogP contribution in [-0.4, -0.2) is 33.3 Å². The van der Waals surface area contributed by atoms with Crippen LogP contribution in [0.2, 0.25) is 0 Å². The fraction of sp³-hybridized carbons (Fsp3) is 0.381. The Morgan fingerprint density at radius 1 is 1.23 bits per heavy atom. The van der Waals surface area contributed by atoms with Gasteiger partial charge >= 0.3 is 0 Å². The molecule has 2 aromatic rings. The molecule has 0 bridgehead atoms. The molecule has 1 aromatic heterocycles. The number of hydrogen-bond donors (Lipinski definition) is 3. The molecule has 30 heavy (non-hydrogen) atoms. The standard InChI is InChI=1S/C21H25F2N5OS/c1-20(2)19(25)28-21(3,17(30-20)8-9-24)14-10-13(5-6-15(14)23)27-18(29)16-7-4-12(22)11-26-16/h4-7,10-11,17H,8-9,24H2,1-3H3,(H2,25,28)(H,27,29)/t17?,21-/m1/s1. The van der Waals surface area contributed by atoms with Crippen LogP contribution < -0.4 is 16.8 Å². The van der Waals surface area contributed by atoms with Crippen LogP contribution in [0.15, 0.2) is 41.5 Å². The molecule has 0 aliphatic carbocycles. The maximum Gasteiger partial charge on any atom is 0.274 e. The molecular formula is C21H25F2N5OS. The van der Waals surface area contributed by atoms with Gasteiger partial charge in [0.25, 0.3) is 5.91 Å². The monoisotopic (exact) mass is 433 g/mol. The van der Waals surface area contributed by atoms with Gasteiger partial charge in [-0.1, -0.05) is 0 Å². The Morgan fingerprint density at radius 3 is 2.60 bits per heavy atom. The number of nitrogens with zero attached hydrogens (tertiary/aromatic N) is 2. The van der Waals surface area contributed by atoms with E-state index >= 15 is 0 Å². The Morgan fingerprint density at radius 2 is 1.97 bits per heavy atom. The molecule has 0 saturated heterocycles. The maximum absolute atomic E-state index is 14.9. The van der Waals surface area contributed by atoms with Crippen molar-refractivity contribution in [2.24, 2.45) is 16.5 Å². The van der Waals surface area contributed by atoms with Crippen LogP contribution in [0.5, 0.6) is 0 Å². The first-order valence-electron chi connectivity index (χ1n) is 9.53. The summed E-state index contributed by atoms with van der Waals surface area (Å²) < 4.78 is 27.6. The van der Waals surface area contributed by atoms with Crippen molar-refractivity contribution in [3.05, 3.63) is 59.4 Å². The fourth-order valence-electron chi connectivity index (χ4n) is 3.41. The van der Waals surface area contributed by atoms with Crippen LogP contribution in [0.3, 0.4) is 0 Å². The van der Waals surface area contributed by atoms with Gasteiger partial charge in [0.05, 0.1) is 16.5 Å². The van der Waals surface area contributed by atoms with Gasteiger partial charge in [0, 0.05) is 16.5 Å². The van der Waals surface area contributed by atoms with E-state index in [1.165, 1.54) is 18.2 Å². The van der Waals surface area contributed by atoms with Crippen molar-refractivity contribution in [3.63, 3.8) is 0 Å². The molecule has 1 aromatic carbocycles.